The monoisotopic (exact) mass is 386 g/mol. The molecule has 4 bridgehead atoms. The number of likely N-dealkylation sites (tertiary alicyclic amines) is 1. The molecule has 0 aromatic carbocycles. The van der Waals surface area contributed by atoms with Crippen molar-refractivity contribution < 1.29 is 14.4 Å². The average Bonchev–Trinajstić information content (AvgIpc) is 2.91. The first kappa shape index (κ1) is 18.6. The molecule has 28 heavy (non-hydrogen) atoms. The molecular weight excluding hydrogens is 352 g/mol. The molecule has 154 valence electrons. The Bertz CT molecular complexity index is 643. The number of fused-ring (bicyclic) bond motifs is 1. The van der Waals surface area contributed by atoms with E-state index in [-0.39, 0.29) is 41.0 Å². The summed E-state index contributed by atoms with van der Waals surface area (Å²) in [5.41, 5.74) is 0.233. The number of rotatable bonds is 4. The lowest BCUT2D eigenvalue weighted by atomic mass is 9.48. The van der Waals surface area contributed by atoms with Crippen molar-refractivity contribution >= 4 is 17.7 Å². The fraction of sp³-hybridized carbons (Fsp3) is 0.870. The maximum absolute atomic E-state index is 13.1. The van der Waals surface area contributed by atoms with Gasteiger partial charge in [0.2, 0.25) is 17.7 Å². The zero-order valence-corrected chi connectivity index (χ0v) is 17.3. The number of hydrogen-bond acceptors (Lipinski definition) is 3. The van der Waals surface area contributed by atoms with E-state index >= 15 is 0 Å². The third kappa shape index (κ3) is 2.75. The highest BCUT2D eigenvalue weighted by Gasteiger charge is 2.54. The first-order valence-corrected chi connectivity index (χ1v) is 11.6. The van der Waals surface area contributed by atoms with E-state index in [9.17, 15) is 14.4 Å². The van der Waals surface area contributed by atoms with Crippen LogP contribution in [0.1, 0.15) is 78.1 Å². The van der Waals surface area contributed by atoms with Crippen molar-refractivity contribution in [3.8, 4) is 0 Å². The van der Waals surface area contributed by atoms with Gasteiger partial charge < -0.3 is 5.32 Å². The normalized spacial score (nSPS) is 43.8. The van der Waals surface area contributed by atoms with Gasteiger partial charge in [-0.15, -0.1) is 0 Å². The quantitative estimate of drug-likeness (QED) is 0.754. The van der Waals surface area contributed by atoms with E-state index in [4.69, 9.17) is 0 Å². The molecule has 0 spiro atoms. The van der Waals surface area contributed by atoms with Gasteiger partial charge in [0, 0.05) is 6.04 Å². The van der Waals surface area contributed by atoms with E-state index in [1.165, 1.54) is 43.4 Å². The van der Waals surface area contributed by atoms with Crippen LogP contribution in [0.2, 0.25) is 0 Å². The Morgan fingerprint density at radius 3 is 1.86 bits per heavy atom. The van der Waals surface area contributed by atoms with Crippen molar-refractivity contribution in [2.45, 2.75) is 90.1 Å². The zero-order valence-electron chi connectivity index (χ0n) is 17.3. The minimum atomic E-state index is -0.693. The molecule has 4 unspecified atom stereocenters. The summed E-state index contributed by atoms with van der Waals surface area (Å²) in [6, 6.07) is -0.576. The Hall–Kier alpha value is -1.39. The molecule has 1 N–H and O–H groups in total. The molecule has 3 amide bonds. The van der Waals surface area contributed by atoms with Crippen molar-refractivity contribution in [1.29, 1.82) is 0 Å². The van der Waals surface area contributed by atoms with Gasteiger partial charge in [-0.3, -0.25) is 19.3 Å². The van der Waals surface area contributed by atoms with Gasteiger partial charge >= 0.3 is 0 Å². The topological polar surface area (TPSA) is 66.5 Å². The molecule has 6 aliphatic rings. The van der Waals surface area contributed by atoms with Crippen molar-refractivity contribution in [3.63, 3.8) is 0 Å². The molecule has 1 aliphatic heterocycles. The second-order valence-corrected chi connectivity index (χ2v) is 10.7. The second kappa shape index (κ2) is 6.56. The van der Waals surface area contributed by atoms with E-state index in [1.54, 1.807) is 6.92 Å². The van der Waals surface area contributed by atoms with Crippen LogP contribution in [-0.4, -0.2) is 34.7 Å². The average molecular weight is 387 g/mol. The first-order chi connectivity index (χ1) is 13.4. The van der Waals surface area contributed by atoms with Crippen LogP contribution in [0, 0.1) is 35.0 Å². The molecule has 5 heteroatoms. The number of nitrogens with one attached hydrogen (secondary N) is 1. The third-order valence-corrected chi connectivity index (χ3v) is 9.00. The molecule has 6 rings (SSSR count). The second-order valence-electron chi connectivity index (χ2n) is 10.7. The Morgan fingerprint density at radius 2 is 1.39 bits per heavy atom. The lowest BCUT2D eigenvalue weighted by molar-refractivity contribution is -0.148. The summed E-state index contributed by atoms with van der Waals surface area (Å²) in [5, 5.41) is 3.25. The maximum Gasteiger partial charge on any atom is 0.243 e. The summed E-state index contributed by atoms with van der Waals surface area (Å²) in [5.74, 6) is 1.78. The molecule has 5 aliphatic carbocycles. The van der Waals surface area contributed by atoms with Crippen molar-refractivity contribution in [2.24, 2.45) is 35.0 Å². The van der Waals surface area contributed by atoms with Crippen molar-refractivity contribution in [3.05, 3.63) is 0 Å². The van der Waals surface area contributed by atoms with Crippen LogP contribution in [0.15, 0.2) is 0 Å². The summed E-state index contributed by atoms with van der Waals surface area (Å²) in [7, 11) is 0. The number of amides is 3. The van der Waals surface area contributed by atoms with Gasteiger partial charge in [0.25, 0.3) is 0 Å². The van der Waals surface area contributed by atoms with E-state index < -0.39 is 6.04 Å². The highest BCUT2D eigenvalue weighted by atomic mass is 16.2. The van der Waals surface area contributed by atoms with Gasteiger partial charge in [-0.2, -0.15) is 0 Å². The lowest BCUT2D eigenvalue weighted by Crippen LogP contribution is -2.58. The molecule has 1 saturated heterocycles. The predicted molar refractivity (Wildman–Crippen MR) is 105 cm³/mol. The molecule has 0 radical (unpaired) electrons. The summed E-state index contributed by atoms with van der Waals surface area (Å²) < 4.78 is 0. The highest BCUT2D eigenvalue weighted by molar-refractivity contribution is 6.08. The Labute approximate surface area is 168 Å². The van der Waals surface area contributed by atoms with Crippen LogP contribution in [0.25, 0.3) is 0 Å². The van der Waals surface area contributed by atoms with Crippen LogP contribution in [0.3, 0.4) is 0 Å². The number of carbonyl (C=O) groups is 3. The van der Waals surface area contributed by atoms with E-state index in [2.05, 4.69) is 12.2 Å². The van der Waals surface area contributed by atoms with Gasteiger partial charge in [0.1, 0.15) is 6.04 Å². The number of imide groups is 1. The fourth-order valence-electron chi connectivity index (χ4n) is 7.88. The van der Waals surface area contributed by atoms with E-state index in [0.717, 1.165) is 43.4 Å². The summed E-state index contributed by atoms with van der Waals surface area (Å²) >= 11 is 0. The number of nitrogens with zero attached hydrogens (tertiary/aromatic N) is 1. The van der Waals surface area contributed by atoms with Gasteiger partial charge in [0.05, 0.1) is 11.8 Å². The van der Waals surface area contributed by atoms with Crippen molar-refractivity contribution in [2.75, 3.05) is 0 Å². The SMILES string of the molecule is CC(C(=O)NC(C)C12CC3CC(CC(C3)C1)C2)N1C(=O)C2CCCCC2C1=O. The van der Waals surface area contributed by atoms with Crippen LogP contribution < -0.4 is 5.32 Å². The van der Waals surface area contributed by atoms with Crippen LogP contribution in [0.4, 0.5) is 0 Å². The molecule has 1 heterocycles. The zero-order chi connectivity index (χ0) is 19.6. The minimum absolute atomic E-state index is 0.111. The molecule has 4 atom stereocenters. The van der Waals surface area contributed by atoms with Gasteiger partial charge in [0.15, 0.2) is 0 Å². The molecule has 5 nitrogen and oxygen atoms in total. The van der Waals surface area contributed by atoms with Gasteiger partial charge in [-0.25, -0.2) is 0 Å². The summed E-state index contributed by atoms with van der Waals surface area (Å²) in [4.78, 5) is 40.0. The molecule has 0 aromatic rings. The van der Waals surface area contributed by atoms with Crippen LogP contribution in [0.5, 0.6) is 0 Å². The largest absolute Gasteiger partial charge is 0.351 e. The molecular formula is C23H34N2O3. The highest BCUT2D eigenvalue weighted by Crippen LogP contribution is 2.61. The Balaban J connectivity index is 1.28. The van der Waals surface area contributed by atoms with Crippen LogP contribution >= 0.6 is 0 Å². The molecule has 5 saturated carbocycles. The van der Waals surface area contributed by atoms with Crippen LogP contribution in [-0.2, 0) is 14.4 Å². The molecule has 6 fully saturated rings. The first-order valence-electron chi connectivity index (χ1n) is 11.6. The van der Waals surface area contributed by atoms with E-state index in [0.29, 0.717) is 0 Å². The predicted octanol–water partition coefficient (Wildman–Crippen LogP) is 3.27. The third-order valence-electron chi connectivity index (χ3n) is 9.00. The minimum Gasteiger partial charge on any atom is -0.351 e. The standard InChI is InChI=1S/C23H34N2O3/c1-13(25-21(27)18-5-3-4-6-19(18)22(25)28)20(26)24-14(2)23-10-15-7-16(11-23)9-17(8-15)12-23/h13-19H,3-12H2,1-2H3,(H,24,26). The molecule has 0 aromatic heterocycles. The van der Waals surface area contributed by atoms with Gasteiger partial charge in [-0.05, 0) is 88.4 Å². The van der Waals surface area contributed by atoms with Crippen molar-refractivity contribution in [1.82, 2.24) is 10.2 Å². The smallest absolute Gasteiger partial charge is 0.243 e. The van der Waals surface area contributed by atoms with Gasteiger partial charge in [-0.1, -0.05) is 12.8 Å². The maximum atomic E-state index is 13.1. The fourth-order valence-corrected chi connectivity index (χ4v) is 7.88. The number of hydrogen-bond donors (Lipinski definition) is 1. The Morgan fingerprint density at radius 1 is 0.929 bits per heavy atom. The summed E-state index contributed by atoms with van der Waals surface area (Å²) in [6.45, 7) is 3.89. The van der Waals surface area contributed by atoms with E-state index in [1.807, 2.05) is 0 Å². The Kier molecular flexibility index (Phi) is 4.37. The summed E-state index contributed by atoms with van der Waals surface area (Å²) in [6.07, 6.45) is 11.5. The lowest BCUT2D eigenvalue weighted by Gasteiger charge is -2.59. The number of carbonyl (C=O) groups excluding carboxylic acids is 3.